The number of carbonyl (C=O) groups is 1. The van der Waals surface area contributed by atoms with Crippen molar-refractivity contribution in [2.45, 2.75) is 69.8 Å². The van der Waals surface area contributed by atoms with Crippen molar-refractivity contribution in [2.75, 3.05) is 0 Å². The van der Waals surface area contributed by atoms with Crippen molar-refractivity contribution < 1.29 is 23.1 Å². The number of carbonyl (C=O) groups excluding carboxylic acids is 1. The van der Waals surface area contributed by atoms with Crippen LogP contribution in [0.5, 0.6) is 0 Å². The van der Waals surface area contributed by atoms with E-state index in [0.29, 0.717) is 18.4 Å². The summed E-state index contributed by atoms with van der Waals surface area (Å²) in [7, 11) is 0. The molecule has 42 heavy (non-hydrogen) atoms. The van der Waals surface area contributed by atoms with Gasteiger partial charge in [-0.3, -0.25) is 4.79 Å². The van der Waals surface area contributed by atoms with Crippen LogP contribution >= 0.6 is 0 Å². The Morgan fingerprint density at radius 1 is 1.05 bits per heavy atom. The fourth-order valence-corrected chi connectivity index (χ4v) is 6.37. The van der Waals surface area contributed by atoms with Gasteiger partial charge in [0, 0.05) is 29.3 Å². The number of hydrogen-bond acceptors (Lipinski definition) is 6. The van der Waals surface area contributed by atoms with E-state index in [1.54, 1.807) is 18.2 Å². The fourth-order valence-electron chi connectivity index (χ4n) is 6.37. The molecule has 3 N–H and O–H groups in total. The van der Waals surface area contributed by atoms with Gasteiger partial charge in [-0.25, -0.2) is 17.9 Å². The molecule has 0 saturated carbocycles. The minimum atomic E-state index is -1.25. The van der Waals surface area contributed by atoms with E-state index in [4.69, 9.17) is 5.73 Å². The Bertz CT molecular complexity index is 1760. The number of hydrogen-bond donors (Lipinski definition) is 2. The van der Waals surface area contributed by atoms with Gasteiger partial charge in [-0.05, 0) is 86.6 Å². The molecule has 3 aromatic carbocycles. The quantitative estimate of drug-likeness (QED) is 0.349. The normalized spacial score (nSPS) is 20.2. The third-order valence-electron chi connectivity index (χ3n) is 8.18. The number of benzene rings is 3. The number of amides is 1. The number of nitrogens with two attached hydrogens (primary N) is 1. The molecule has 0 spiro atoms. The van der Waals surface area contributed by atoms with Crippen LogP contribution in [-0.2, 0) is 6.54 Å². The van der Waals surface area contributed by atoms with E-state index >= 15 is 8.78 Å². The van der Waals surface area contributed by atoms with Crippen LogP contribution in [0.15, 0.2) is 42.5 Å². The van der Waals surface area contributed by atoms with Gasteiger partial charge >= 0.3 is 0 Å². The van der Waals surface area contributed by atoms with E-state index in [0.717, 1.165) is 23.6 Å². The zero-order valence-corrected chi connectivity index (χ0v) is 23.1. The summed E-state index contributed by atoms with van der Waals surface area (Å²) in [6.07, 6.45) is 3.17. The molecule has 0 aliphatic carbocycles. The van der Waals surface area contributed by atoms with Crippen LogP contribution in [0.2, 0.25) is 0 Å². The van der Waals surface area contributed by atoms with Crippen molar-refractivity contribution in [2.24, 2.45) is 5.73 Å². The summed E-state index contributed by atoms with van der Waals surface area (Å²) in [6.45, 7) is 2.91. The molecule has 2 bridgehead atoms. The predicted molar refractivity (Wildman–Crippen MR) is 149 cm³/mol. The molecule has 0 radical (unpaired) electrons. The van der Waals surface area contributed by atoms with Crippen LogP contribution in [-0.4, -0.2) is 54.6 Å². The van der Waals surface area contributed by atoms with Crippen LogP contribution in [0, 0.1) is 28.8 Å². The van der Waals surface area contributed by atoms with Crippen molar-refractivity contribution in [3.8, 4) is 28.3 Å². The third-order valence-corrected chi connectivity index (χ3v) is 8.18. The summed E-state index contributed by atoms with van der Waals surface area (Å²) in [5.41, 5.74) is 5.57. The minimum Gasteiger partial charge on any atom is -0.389 e. The molecule has 8 nitrogen and oxygen atoms in total. The number of aromatic nitrogens is 3. The summed E-state index contributed by atoms with van der Waals surface area (Å²) < 4.78 is 47.2. The summed E-state index contributed by atoms with van der Waals surface area (Å²) in [5, 5.41) is 27.3. The van der Waals surface area contributed by atoms with Gasteiger partial charge in [0.1, 0.15) is 22.9 Å². The summed E-state index contributed by atoms with van der Waals surface area (Å²) in [6, 6.07) is 11.8. The lowest BCUT2D eigenvalue weighted by atomic mass is 9.90. The third kappa shape index (κ3) is 4.80. The Hall–Kier alpha value is -4.27. The maximum absolute atomic E-state index is 15.8. The molecule has 11 heteroatoms. The number of piperidine rings is 1. The lowest BCUT2D eigenvalue weighted by Gasteiger charge is -2.38. The molecule has 2 fully saturated rings. The second-order valence-corrected chi connectivity index (χ2v) is 11.9. The Morgan fingerprint density at radius 2 is 1.76 bits per heavy atom. The van der Waals surface area contributed by atoms with Gasteiger partial charge in [-0.15, -0.1) is 5.10 Å². The number of aliphatic hydroxyl groups is 1. The first-order chi connectivity index (χ1) is 19.9. The average Bonchev–Trinajstić information content (AvgIpc) is 3.46. The highest BCUT2D eigenvalue weighted by molar-refractivity contribution is 5.99. The zero-order chi connectivity index (χ0) is 29.9. The van der Waals surface area contributed by atoms with E-state index in [-0.39, 0.29) is 69.4 Å². The molecule has 3 atom stereocenters. The first kappa shape index (κ1) is 27.9. The lowest BCUT2D eigenvalue weighted by molar-refractivity contribution is 0.0571. The Kier molecular flexibility index (Phi) is 6.78. The summed E-state index contributed by atoms with van der Waals surface area (Å²) in [4.78, 5) is 15.6. The molecule has 6 rings (SSSR count). The molecule has 0 unspecified atom stereocenters. The topological polar surface area (TPSA) is 121 Å². The number of fused-ring (bicyclic) bond motifs is 3. The van der Waals surface area contributed by atoms with Gasteiger partial charge in [0.15, 0.2) is 11.6 Å². The van der Waals surface area contributed by atoms with E-state index in [1.165, 1.54) is 38.1 Å². The zero-order valence-electron chi connectivity index (χ0n) is 23.1. The van der Waals surface area contributed by atoms with Gasteiger partial charge in [-0.2, -0.15) is 5.26 Å². The smallest absolute Gasteiger partial charge is 0.254 e. The second-order valence-electron chi connectivity index (χ2n) is 11.9. The molecule has 216 valence electrons. The molecule has 2 aliphatic rings. The molecule has 2 saturated heterocycles. The molecular formula is C31H29F3N6O2. The van der Waals surface area contributed by atoms with Gasteiger partial charge in [0.25, 0.3) is 5.91 Å². The first-order valence-corrected chi connectivity index (χ1v) is 13.8. The maximum atomic E-state index is 15.8. The molecule has 2 aliphatic heterocycles. The number of rotatable bonds is 5. The molecule has 1 amide bonds. The van der Waals surface area contributed by atoms with E-state index in [2.05, 4.69) is 10.3 Å². The summed E-state index contributed by atoms with van der Waals surface area (Å²) in [5.74, 6) is -3.36. The van der Waals surface area contributed by atoms with Crippen LogP contribution in [0.4, 0.5) is 13.2 Å². The molecule has 3 heterocycles. The van der Waals surface area contributed by atoms with E-state index in [1.807, 2.05) is 4.90 Å². The largest absolute Gasteiger partial charge is 0.389 e. The van der Waals surface area contributed by atoms with Crippen molar-refractivity contribution in [1.82, 2.24) is 19.9 Å². The molecular weight excluding hydrogens is 545 g/mol. The Labute approximate surface area is 240 Å². The van der Waals surface area contributed by atoms with E-state index < -0.39 is 23.1 Å². The number of nitrogens with zero attached hydrogens (tertiary/aromatic N) is 5. The highest BCUT2D eigenvalue weighted by Crippen LogP contribution is 2.40. The van der Waals surface area contributed by atoms with Gasteiger partial charge < -0.3 is 15.7 Å². The maximum Gasteiger partial charge on any atom is 0.254 e. The second kappa shape index (κ2) is 10.2. The van der Waals surface area contributed by atoms with E-state index in [9.17, 15) is 19.6 Å². The van der Waals surface area contributed by atoms with Gasteiger partial charge in [0.05, 0.1) is 17.7 Å². The standard InChI is InChI=1S/C31H29F3N6O2/c1-31(2,42)15-39-29-26(37-38-39)13-24(27(33)28(29)34)22-8-5-17(9-23(22)16-3-4-18(14-35)25(32)10-16)30(41)40-20-6-7-21(40)12-19(36)11-20/h3-5,8-10,13,19-21,42H,6-7,11-12,15,36H2,1-2H3/t19-,20+,21-. The Morgan fingerprint density at radius 3 is 2.40 bits per heavy atom. The van der Waals surface area contributed by atoms with Crippen LogP contribution in [0.25, 0.3) is 33.3 Å². The molecule has 4 aromatic rings. The highest BCUT2D eigenvalue weighted by Gasteiger charge is 2.42. The Balaban J connectivity index is 1.50. The fraction of sp³-hybridized carbons (Fsp3) is 0.355. The van der Waals surface area contributed by atoms with Crippen molar-refractivity contribution in [3.05, 3.63) is 71.0 Å². The summed E-state index contributed by atoms with van der Waals surface area (Å²) >= 11 is 0. The van der Waals surface area contributed by atoms with Gasteiger partial charge in [-0.1, -0.05) is 17.3 Å². The minimum absolute atomic E-state index is 0.0298. The van der Waals surface area contributed by atoms with Crippen molar-refractivity contribution in [1.29, 1.82) is 5.26 Å². The molecule has 1 aromatic heterocycles. The lowest BCUT2D eigenvalue weighted by Crippen LogP contribution is -2.50. The van der Waals surface area contributed by atoms with Crippen molar-refractivity contribution >= 4 is 16.9 Å². The van der Waals surface area contributed by atoms with Crippen LogP contribution in [0.3, 0.4) is 0 Å². The van der Waals surface area contributed by atoms with Crippen LogP contribution < -0.4 is 5.73 Å². The highest BCUT2D eigenvalue weighted by atomic mass is 19.2. The first-order valence-electron chi connectivity index (χ1n) is 13.8. The average molecular weight is 575 g/mol. The predicted octanol–water partition coefficient (Wildman–Crippen LogP) is 4.92. The number of halogens is 3. The SMILES string of the molecule is CC(C)(O)Cn1nnc2cc(-c3ccc(C(=O)N4[C@@H]5CC[C@H]4C[C@@H](N)C5)cc3-c3ccc(C#N)c(F)c3)c(F)c(F)c21. The van der Waals surface area contributed by atoms with Crippen LogP contribution in [0.1, 0.15) is 55.5 Å². The van der Waals surface area contributed by atoms with Gasteiger partial charge in [0.2, 0.25) is 0 Å². The monoisotopic (exact) mass is 574 g/mol. The number of nitriles is 1. The van der Waals surface area contributed by atoms with Crippen molar-refractivity contribution in [3.63, 3.8) is 0 Å².